The average Bonchev–Trinajstić information content (AvgIpc) is 2.35. The molecule has 0 aliphatic heterocycles. The summed E-state index contributed by atoms with van der Waals surface area (Å²) in [6.45, 7) is 1.63. The molecule has 0 aliphatic carbocycles. The summed E-state index contributed by atoms with van der Waals surface area (Å²) in [5.74, 6) is -0.861. The van der Waals surface area contributed by atoms with Crippen molar-refractivity contribution in [3.63, 3.8) is 0 Å². The van der Waals surface area contributed by atoms with Gasteiger partial charge in [-0.05, 0) is 31.4 Å². The second kappa shape index (κ2) is 7.45. The van der Waals surface area contributed by atoms with E-state index in [1.807, 2.05) is 6.26 Å². The van der Waals surface area contributed by atoms with Crippen LogP contribution < -0.4 is 11.1 Å². The molecule has 0 heterocycles. The largest absolute Gasteiger partial charge is 0.348 e. The molecule has 1 aromatic carbocycles. The van der Waals surface area contributed by atoms with Crippen LogP contribution in [0.1, 0.15) is 24.9 Å². The monoisotopic (exact) mass is 288 g/mol. The van der Waals surface area contributed by atoms with Crippen molar-refractivity contribution in [3.05, 3.63) is 35.4 Å². The highest BCUT2D eigenvalue weighted by Crippen LogP contribution is 2.17. The van der Waals surface area contributed by atoms with Crippen LogP contribution in [0.4, 0.5) is 8.78 Å². The van der Waals surface area contributed by atoms with Crippen LogP contribution in [0.15, 0.2) is 18.2 Å². The third-order valence-corrected chi connectivity index (χ3v) is 3.40. The summed E-state index contributed by atoms with van der Waals surface area (Å²) >= 11 is 1.61. The van der Waals surface area contributed by atoms with E-state index in [4.69, 9.17) is 5.73 Å². The van der Waals surface area contributed by atoms with Crippen molar-refractivity contribution in [1.29, 1.82) is 0 Å². The Hall–Kier alpha value is -1.14. The van der Waals surface area contributed by atoms with E-state index < -0.39 is 23.7 Å². The second-order valence-corrected chi connectivity index (χ2v) is 5.27. The van der Waals surface area contributed by atoms with Crippen LogP contribution in [0.3, 0.4) is 0 Å². The summed E-state index contributed by atoms with van der Waals surface area (Å²) in [7, 11) is 0. The van der Waals surface area contributed by atoms with Crippen LogP contribution in [0, 0.1) is 11.6 Å². The Morgan fingerprint density at radius 2 is 2.16 bits per heavy atom. The van der Waals surface area contributed by atoms with E-state index in [2.05, 4.69) is 5.32 Å². The molecule has 0 spiro atoms. The van der Waals surface area contributed by atoms with Gasteiger partial charge in [0.1, 0.15) is 11.6 Å². The van der Waals surface area contributed by atoms with Gasteiger partial charge in [-0.1, -0.05) is 6.07 Å². The first-order valence-electron chi connectivity index (χ1n) is 5.95. The smallest absolute Gasteiger partial charge is 0.237 e. The zero-order valence-corrected chi connectivity index (χ0v) is 11.8. The van der Waals surface area contributed by atoms with Gasteiger partial charge < -0.3 is 11.1 Å². The topological polar surface area (TPSA) is 55.1 Å². The van der Waals surface area contributed by atoms with Crippen molar-refractivity contribution >= 4 is 17.7 Å². The van der Waals surface area contributed by atoms with Crippen molar-refractivity contribution in [2.75, 3.05) is 12.0 Å². The number of halogens is 2. The standard InChI is InChI=1S/C13H18F2N2OS/c1-8(10-4-3-9(14)7-11(10)15)17-13(18)12(16)5-6-19-2/h3-4,7-8,12H,5-6,16H2,1-2H3,(H,17,18)/t8?,12-/m1/s1. The molecule has 0 aliphatic rings. The zero-order valence-electron chi connectivity index (χ0n) is 11.0. The number of carbonyl (C=O) groups excluding carboxylic acids is 1. The predicted octanol–water partition coefficient (Wildman–Crippen LogP) is 2.22. The highest BCUT2D eigenvalue weighted by molar-refractivity contribution is 7.98. The Balaban J connectivity index is 2.63. The minimum Gasteiger partial charge on any atom is -0.348 e. The lowest BCUT2D eigenvalue weighted by Crippen LogP contribution is -2.42. The number of carbonyl (C=O) groups is 1. The molecule has 0 saturated carbocycles. The zero-order chi connectivity index (χ0) is 14.4. The van der Waals surface area contributed by atoms with Gasteiger partial charge in [-0.25, -0.2) is 8.78 Å². The molecule has 2 atom stereocenters. The lowest BCUT2D eigenvalue weighted by molar-refractivity contribution is -0.123. The van der Waals surface area contributed by atoms with Gasteiger partial charge in [0.2, 0.25) is 5.91 Å². The van der Waals surface area contributed by atoms with Crippen LogP contribution >= 0.6 is 11.8 Å². The van der Waals surface area contributed by atoms with Crippen LogP contribution in [-0.4, -0.2) is 24.0 Å². The van der Waals surface area contributed by atoms with Crippen LogP contribution in [0.25, 0.3) is 0 Å². The molecule has 1 amide bonds. The van der Waals surface area contributed by atoms with E-state index in [1.165, 1.54) is 6.07 Å². The van der Waals surface area contributed by atoms with Gasteiger partial charge in [0.15, 0.2) is 0 Å². The second-order valence-electron chi connectivity index (χ2n) is 4.28. The Kier molecular flexibility index (Phi) is 6.24. The number of nitrogens with two attached hydrogens (primary N) is 1. The number of hydrogen-bond acceptors (Lipinski definition) is 3. The third-order valence-electron chi connectivity index (χ3n) is 2.76. The van der Waals surface area contributed by atoms with Gasteiger partial charge in [-0.3, -0.25) is 4.79 Å². The molecule has 0 radical (unpaired) electrons. The van der Waals surface area contributed by atoms with E-state index in [9.17, 15) is 13.6 Å². The molecule has 106 valence electrons. The van der Waals surface area contributed by atoms with Crippen LogP contribution in [0.2, 0.25) is 0 Å². The molecule has 0 saturated heterocycles. The van der Waals surface area contributed by atoms with Gasteiger partial charge >= 0.3 is 0 Å². The van der Waals surface area contributed by atoms with E-state index >= 15 is 0 Å². The third kappa shape index (κ3) is 4.80. The van der Waals surface area contributed by atoms with E-state index in [-0.39, 0.29) is 11.5 Å². The maximum Gasteiger partial charge on any atom is 0.237 e. The summed E-state index contributed by atoms with van der Waals surface area (Å²) in [4.78, 5) is 11.8. The molecular formula is C13H18F2N2OS. The molecule has 0 bridgehead atoms. The molecule has 19 heavy (non-hydrogen) atoms. The molecule has 0 aromatic heterocycles. The molecule has 3 N–H and O–H groups in total. The number of rotatable bonds is 6. The summed E-state index contributed by atoms with van der Waals surface area (Å²) < 4.78 is 26.3. The van der Waals surface area contributed by atoms with E-state index in [0.717, 1.165) is 17.9 Å². The van der Waals surface area contributed by atoms with Gasteiger partial charge in [-0.15, -0.1) is 0 Å². The first kappa shape index (κ1) is 15.9. The first-order valence-corrected chi connectivity index (χ1v) is 7.35. The van der Waals surface area contributed by atoms with Gasteiger partial charge in [0, 0.05) is 11.6 Å². The Bertz CT molecular complexity index is 443. The molecule has 1 aromatic rings. The van der Waals surface area contributed by atoms with Crippen LogP contribution in [-0.2, 0) is 4.79 Å². The summed E-state index contributed by atoms with van der Waals surface area (Å²) in [5, 5.41) is 2.63. The fraction of sp³-hybridized carbons (Fsp3) is 0.462. The van der Waals surface area contributed by atoms with Crippen molar-refractivity contribution in [2.24, 2.45) is 5.73 Å². The predicted molar refractivity (Wildman–Crippen MR) is 73.9 cm³/mol. The SMILES string of the molecule is CSCC[C@@H](N)C(=O)NC(C)c1ccc(F)cc1F. The van der Waals surface area contributed by atoms with E-state index in [1.54, 1.807) is 18.7 Å². The number of amides is 1. The molecule has 3 nitrogen and oxygen atoms in total. The first-order chi connectivity index (χ1) is 8.95. The van der Waals surface area contributed by atoms with Crippen molar-refractivity contribution in [1.82, 2.24) is 5.32 Å². The summed E-state index contributed by atoms with van der Waals surface area (Å²) in [5.41, 5.74) is 5.96. The van der Waals surface area contributed by atoms with Gasteiger partial charge in [-0.2, -0.15) is 11.8 Å². The number of nitrogens with one attached hydrogen (secondary N) is 1. The number of benzene rings is 1. The Morgan fingerprint density at radius 1 is 1.47 bits per heavy atom. The minimum absolute atomic E-state index is 0.242. The van der Waals surface area contributed by atoms with Crippen molar-refractivity contribution in [2.45, 2.75) is 25.4 Å². The average molecular weight is 288 g/mol. The summed E-state index contributed by atoms with van der Waals surface area (Å²) in [6, 6.07) is 2.12. The quantitative estimate of drug-likeness (QED) is 0.844. The van der Waals surface area contributed by atoms with Gasteiger partial charge in [0.25, 0.3) is 0 Å². The minimum atomic E-state index is -0.675. The molecule has 1 rings (SSSR count). The number of thioether (sulfide) groups is 1. The lowest BCUT2D eigenvalue weighted by Gasteiger charge is -2.18. The maximum atomic E-state index is 13.5. The fourth-order valence-electron chi connectivity index (χ4n) is 1.63. The van der Waals surface area contributed by atoms with Crippen molar-refractivity contribution < 1.29 is 13.6 Å². The maximum absolute atomic E-state index is 13.5. The molecular weight excluding hydrogens is 270 g/mol. The highest BCUT2D eigenvalue weighted by Gasteiger charge is 2.18. The van der Waals surface area contributed by atoms with E-state index in [0.29, 0.717) is 6.42 Å². The van der Waals surface area contributed by atoms with Crippen LogP contribution in [0.5, 0.6) is 0 Å². The molecule has 1 unspecified atom stereocenters. The fourth-order valence-corrected chi connectivity index (χ4v) is 2.12. The summed E-state index contributed by atoms with van der Waals surface area (Å²) in [6.07, 6.45) is 2.49. The van der Waals surface area contributed by atoms with Crippen molar-refractivity contribution in [3.8, 4) is 0 Å². The lowest BCUT2D eigenvalue weighted by atomic mass is 10.1. The Labute approximate surface area is 115 Å². The highest BCUT2D eigenvalue weighted by atomic mass is 32.2. The van der Waals surface area contributed by atoms with Gasteiger partial charge in [0.05, 0.1) is 12.1 Å². The number of hydrogen-bond donors (Lipinski definition) is 2. The molecule has 6 heteroatoms. The Morgan fingerprint density at radius 3 is 2.74 bits per heavy atom. The molecule has 0 fully saturated rings. The normalized spacial score (nSPS) is 13.9.